The number of alkyl halides is 3. The van der Waals surface area contributed by atoms with Gasteiger partial charge in [0.25, 0.3) is 0 Å². The highest BCUT2D eigenvalue weighted by Gasteiger charge is 2.38. The molecule has 0 saturated carbocycles. The largest absolute Gasteiger partial charge is 0.482 e. The van der Waals surface area contributed by atoms with Crippen LogP contribution in [0.25, 0.3) is 11.1 Å². The lowest BCUT2D eigenvalue weighted by molar-refractivity contribution is -0.141. The minimum absolute atomic E-state index is 0.0295. The molecule has 2 aromatic carbocycles. The summed E-state index contributed by atoms with van der Waals surface area (Å²) in [6, 6.07) is 9.78. The minimum Gasteiger partial charge on any atom is -0.482 e. The topological polar surface area (TPSA) is 104 Å². The standard InChI is InChI=1S/C28H30F4N4O3/c1-17(21-5-2-6-23(29)25(21)28(30,31)32)39-24-15-20(16-35-26(24)33)22-8-7-19(27(34)37)14-18(22)4-3-9-36-10-12-38-13-11-36/h2,5-8,14-17H,3-4,9-13H2,1H3,(H2,33,35)(H2,34,37). The molecule has 2 heterocycles. The number of morpholine rings is 1. The van der Waals surface area contributed by atoms with E-state index in [1.54, 1.807) is 24.3 Å². The van der Waals surface area contributed by atoms with Crippen LogP contribution in [-0.2, 0) is 17.3 Å². The number of carbonyl (C=O) groups excluding carboxylic acids is 1. The molecule has 1 aliphatic rings. The Labute approximate surface area is 223 Å². The van der Waals surface area contributed by atoms with E-state index >= 15 is 0 Å². The molecule has 0 radical (unpaired) electrons. The van der Waals surface area contributed by atoms with Crippen LogP contribution >= 0.6 is 0 Å². The second-order valence-electron chi connectivity index (χ2n) is 9.36. The number of pyridine rings is 1. The molecule has 3 aromatic rings. The Kier molecular flexibility index (Phi) is 8.71. The molecule has 1 atom stereocenters. The number of ether oxygens (including phenoxy) is 2. The Balaban J connectivity index is 1.61. The fourth-order valence-corrected chi connectivity index (χ4v) is 4.68. The maximum absolute atomic E-state index is 14.1. The number of rotatable bonds is 9. The van der Waals surface area contributed by atoms with Crippen LogP contribution in [0.2, 0.25) is 0 Å². The fraction of sp³-hybridized carbons (Fsp3) is 0.357. The van der Waals surface area contributed by atoms with Crippen LogP contribution in [0.3, 0.4) is 0 Å². The molecule has 39 heavy (non-hydrogen) atoms. The summed E-state index contributed by atoms with van der Waals surface area (Å²) in [5.41, 5.74) is 12.3. The molecule has 0 aliphatic carbocycles. The van der Waals surface area contributed by atoms with E-state index in [0.29, 0.717) is 30.8 Å². The molecular weight excluding hydrogens is 516 g/mol. The summed E-state index contributed by atoms with van der Waals surface area (Å²) >= 11 is 0. The third-order valence-corrected chi connectivity index (χ3v) is 6.68. The van der Waals surface area contributed by atoms with Gasteiger partial charge in [-0.25, -0.2) is 9.37 Å². The SMILES string of the molecule is CC(Oc1cc(-c2ccc(C(N)=O)cc2CCCN2CCOCC2)cnc1N)c1cccc(F)c1C(F)(F)F. The Morgan fingerprint density at radius 2 is 1.92 bits per heavy atom. The zero-order chi connectivity index (χ0) is 28.2. The number of aryl methyl sites for hydroxylation is 1. The fourth-order valence-electron chi connectivity index (χ4n) is 4.68. The molecule has 0 bridgehead atoms. The van der Waals surface area contributed by atoms with E-state index in [1.807, 2.05) is 0 Å². The van der Waals surface area contributed by atoms with E-state index in [9.17, 15) is 22.4 Å². The van der Waals surface area contributed by atoms with E-state index in [2.05, 4.69) is 9.88 Å². The van der Waals surface area contributed by atoms with Crippen molar-refractivity contribution in [2.24, 2.45) is 5.73 Å². The molecular formula is C28H30F4N4O3. The number of hydrogen-bond acceptors (Lipinski definition) is 6. The molecule has 7 nitrogen and oxygen atoms in total. The van der Waals surface area contributed by atoms with Gasteiger partial charge in [0, 0.05) is 36.0 Å². The summed E-state index contributed by atoms with van der Waals surface area (Å²) in [4.78, 5) is 18.3. The van der Waals surface area contributed by atoms with Gasteiger partial charge in [-0.3, -0.25) is 9.69 Å². The highest BCUT2D eigenvalue weighted by atomic mass is 19.4. The summed E-state index contributed by atoms with van der Waals surface area (Å²) in [5, 5.41) is 0. The highest BCUT2D eigenvalue weighted by molar-refractivity contribution is 5.93. The molecule has 1 fully saturated rings. The minimum atomic E-state index is -4.90. The van der Waals surface area contributed by atoms with Gasteiger partial charge in [0.1, 0.15) is 11.9 Å². The van der Waals surface area contributed by atoms with Gasteiger partial charge in [-0.05, 0) is 61.7 Å². The van der Waals surface area contributed by atoms with Gasteiger partial charge >= 0.3 is 6.18 Å². The molecule has 4 rings (SSSR count). The lowest BCUT2D eigenvalue weighted by Gasteiger charge is -2.26. The van der Waals surface area contributed by atoms with Crippen molar-refractivity contribution < 1.29 is 31.8 Å². The number of benzene rings is 2. The molecule has 1 unspecified atom stereocenters. The predicted molar refractivity (Wildman–Crippen MR) is 139 cm³/mol. The normalized spacial score (nSPS) is 15.2. The van der Waals surface area contributed by atoms with Crippen molar-refractivity contribution in [3.63, 3.8) is 0 Å². The van der Waals surface area contributed by atoms with Crippen molar-refractivity contribution in [2.75, 3.05) is 38.6 Å². The van der Waals surface area contributed by atoms with Gasteiger partial charge in [0.05, 0.1) is 18.8 Å². The van der Waals surface area contributed by atoms with Crippen molar-refractivity contribution in [2.45, 2.75) is 32.0 Å². The average Bonchev–Trinajstić information content (AvgIpc) is 2.89. The molecule has 1 amide bonds. The molecule has 1 aliphatic heterocycles. The van der Waals surface area contributed by atoms with Crippen LogP contribution in [0.4, 0.5) is 23.4 Å². The average molecular weight is 547 g/mol. The van der Waals surface area contributed by atoms with Crippen LogP contribution in [0.5, 0.6) is 5.75 Å². The second-order valence-corrected chi connectivity index (χ2v) is 9.36. The van der Waals surface area contributed by atoms with E-state index in [4.69, 9.17) is 20.9 Å². The summed E-state index contributed by atoms with van der Waals surface area (Å²) < 4.78 is 66.0. The summed E-state index contributed by atoms with van der Waals surface area (Å²) in [5.74, 6) is -1.92. The van der Waals surface area contributed by atoms with Gasteiger partial charge in [-0.2, -0.15) is 13.2 Å². The highest BCUT2D eigenvalue weighted by Crippen LogP contribution is 2.39. The first-order valence-corrected chi connectivity index (χ1v) is 12.6. The molecule has 1 aromatic heterocycles. The van der Waals surface area contributed by atoms with Crippen LogP contribution in [0.15, 0.2) is 48.7 Å². The van der Waals surface area contributed by atoms with Gasteiger partial charge in [0.15, 0.2) is 11.6 Å². The number of amides is 1. The summed E-state index contributed by atoms with van der Waals surface area (Å²) in [7, 11) is 0. The number of nitrogens with two attached hydrogens (primary N) is 2. The third kappa shape index (κ3) is 6.85. The maximum Gasteiger partial charge on any atom is 0.419 e. The zero-order valence-electron chi connectivity index (χ0n) is 21.4. The number of halogens is 4. The van der Waals surface area contributed by atoms with Crippen LogP contribution in [0.1, 0.15) is 46.5 Å². The molecule has 11 heteroatoms. The number of nitrogen functional groups attached to an aromatic ring is 1. The first-order valence-electron chi connectivity index (χ1n) is 12.6. The van der Waals surface area contributed by atoms with Crippen molar-refractivity contribution in [1.82, 2.24) is 9.88 Å². The molecule has 0 spiro atoms. The summed E-state index contributed by atoms with van der Waals surface area (Å²) in [6.45, 7) is 5.34. The van der Waals surface area contributed by atoms with E-state index in [0.717, 1.165) is 43.2 Å². The van der Waals surface area contributed by atoms with Gasteiger partial charge in [-0.15, -0.1) is 0 Å². The number of anilines is 1. The lowest BCUT2D eigenvalue weighted by Crippen LogP contribution is -2.36. The van der Waals surface area contributed by atoms with Crippen molar-refractivity contribution in [3.05, 3.63) is 76.7 Å². The zero-order valence-corrected chi connectivity index (χ0v) is 21.4. The quantitative estimate of drug-likeness (QED) is 0.367. The third-order valence-electron chi connectivity index (χ3n) is 6.68. The Morgan fingerprint density at radius 1 is 1.18 bits per heavy atom. The monoisotopic (exact) mass is 546 g/mol. The predicted octanol–water partition coefficient (Wildman–Crippen LogP) is 4.99. The van der Waals surface area contributed by atoms with Crippen molar-refractivity contribution in [1.29, 1.82) is 0 Å². The second kappa shape index (κ2) is 12.0. The first kappa shape index (κ1) is 28.3. The smallest absolute Gasteiger partial charge is 0.419 e. The Bertz CT molecular complexity index is 1330. The van der Waals surface area contributed by atoms with Gasteiger partial charge in [-0.1, -0.05) is 18.2 Å². The van der Waals surface area contributed by atoms with Crippen LogP contribution < -0.4 is 16.2 Å². The van der Waals surface area contributed by atoms with Crippen LogP contribution in [0, 0.1) is 5.82 Å². The van der Waals surface area contributed by atoms with E-state index in [-0.39, 0.29) is 17.1 Å². The summed E-state index contributed by atoms with van der Waals surface area (Å²) in [6.07, 6.45) is -3.09. The number of carbonyl (C=O) groups is 1. The Morgan fingerprint density at radius 3 is 2.62 bits per heavy atom. The molecule has 4 N–H and O–H groups in total. The number of aromatic nitrogens is 1. The van der Waals surface area contributed by atoms with E-state index < -0.39 is 29.6 Å². The van der Waals surface area contributed by atoms with E-state index in [1.165, 1.54) is 25.3 Å². The maximum atomic E-state index is 14.1. The van der Waals surface area contributed by atoms with Gasteiger partial charge in [0.2, 0.25) is 5.91 Å². The van der Waals surface area contributed by atoms with Gasteiger partial charge < -0.3 is 20.9 Å². The Hall–Kier alpha value is -3.70. The number of nitrogens with zero attached hydrogens (tertiary/aromatic N) is 2. The molecule has 1 saturated heterocycles. The van der Waals surface area contributed by atoms with Crippen molar-refractivity contribution >= 4 is 11.7 Å². The molecule has 208 valence electrons. The first-order chi connectivity index (χ1) is 18.5. The van der Waals surface area contributed by atoms with Crippen molar-refractivity contribution in [3.8, 4) is 16.9 Å². The number of primary amides is 1. The van der Waals surface area contributed by atoms with Crippen LogP contribution in [-0.4, -0.2) is 48.6 Å². The number of hydrogen-bond donors (Lipinski definition) is 2. The lowest BCUT2D eigenvalue weighted by atomic mass is 9.95.